The second kappa shape index (κ2) is 19.0. The number of benzene rings is 1. The minimum absolute atomic E-state index is 0.128. The smallest absolute Gasteiger partial charge is 0.251 e. The van der Waals surface area contributed by atoms with Gasteiger partial charge in [-0.1, -0.05) is 32.6 Å². The Morgan fingerprint density at radius 1 is 0.952 bits per heavy atom. The van der Waals surface area contributed by atoms with Crippen molar-refractivity contribution in [1.82, 2.24) is 10.6 Å². The number of carbonyl (C=O) groups excluding carboxylic acids is 2. The number of aliphatic hydroxyl groups excluding tert-OH is 6. The Balaban J connectivity index is 1.67. The first-order valence-corrected chi connectivity index (χ1v) is 14.6. The molecule has 1 saturated heterocycles. The highest BCUT2D eigenvalue weighted by Crippen LogP contribution is 2.22. The van der Waals surface area contributed by atoms with Crippen LogP contribution in [0.4, 0.5) is 0 Å². The van der Waals surface area contributed by atoms with Crippen molar-refractivity contribution in [2.75, 3.05) is 26.9 Å². The van der Waals surface area contributed by atoms with E-state index in [1.54, 1.807) is 38.3 Å². The van der Waals surface area contributed by atoms with Gasteiger partial charge in [-0.2, -0.15) is 0 Å². The molecule has 1 aromatic rings. The van der Waals surface area contributed by atoms with Gasteiger partial charge in [-0.3, -0.25) is 9.59 Å². The molecule has 2 rings (SSSR count). The topological polar surface area (TPSA) is 207 Å². The van der Waals surface area contributed by atoms with Crippen LogP contribution in [0.2, 0.25) is 0 Å². The number of unbranched alkanes of at least 4 members (excludes halogenated alkanes) is 5. The van der Waals surface area contributed by atoms with Gasteiger partial charge in [0.1, 0.15) is 36.3 Å². The molecule has 1 aromatic carbocycles. The van der Waals surface area contributed by atoms with Gasteiger partial charge in [-0.25, -0.2) is 0 Å². The number of hydrogen-bond acceptors (Lipinski definition) is 11. The molecule has 1 heterocycles. The average molecular weight is 601 g/mol. The average Bonchev–Trinajstić information content (AvgIpc) is 3.00. The summed E-state index contributed by atoms with van der Waals surface area (Å²) in [6, 6.07) is 5.88. The van der Waals surface area contributed by atoms with Crippen molar-refractivity contribution in [2.24, 2.45) is 0 Å². The Morgan fingerprint density at radius 2 is 1.60 bits per heavy atom. The molecule has 2 amide bonds. The molecular weight excluding hydrogens is 552 g/mol. The van der Waals surface area contributed by atoms with E-state index in [4.69, 9.17) is 14.2 Å². The molecule has 0 aromatic heterocycles. The first-order valence-electron chi connectivity index (χ1n) is 14.6. The zero-order chi connectivity index (χ0) is 31.1. The molecule has 0 bridgehead atoms. The van der Waals surface area contributed by atoms with Crippen molar-refractivity contribution >= 4 is 11.8 Å². The van der Waals surface area contributed by atoms with Crippen LogP contribution in [0.25, 0.3) is 0 Å². The van der Waals surface area contributed by atoms with Gasteiger partial charge in [-0.05, 0) is 43.5 Å². The minimum atomic E-state index is -1.63. The summed E-state index contributed by atoms with van der Waals surface area (Å²) in [4.78, 5) is 24.7. The Labute approximate surface area is 246 Å². The first kappa shape index (κ1) is 35.8. The van der Waals surface area contributed by atoms with Gasteiger partial charge in [0, 0.05) is 18.5 Å². The molecule has 0 aliphatic carbocycles. The standard InChI is InChI=1S/C29H48N2O11/c1-3-21(33)24(35)20(17-41-29-27(38)26(37)25(36)22(16-32)42-29)31-23(34)10-8-6-4-5-7-9-15-30-28(39)18-11-13-19(40-2)14-12-18/h11-14,20-22,24-27,29,32-33,35-38H,3-10,15-17H2,1-2H3,(H,30,39)(H,31,34)/t20-,21+,22?,24-,25-,26-,27?,29-/m0/s1. The van der Waals surface area contributed by atoms with Crippen LogP contribution < -0.4 is 15.4 Å². The summed E-state index contributed by atoms with van der Waals surface area (Å²) in [7, 11) is 1.57. The number of nitrogens with one attached hydrogen (secondary N) is 2. The normalized spacial score (nSPS) is 24.4. The molecule has 13 heteroatoms. The van der Waals surface area contributed by atoms with E-state index in [0.717, 1.165) is 32.1 Å². The highest BCUT2D eigenvalue weighted by Gasteiger charge is 2.44. The van der Waals surface area contributed by atoms with E-state index in [2.05, 4.69) is 10.6 Å². The van der Waals surface area contributed by atoms with Gasteiger partial charge in [0.25, 0.3) is 5.91 Å². The molecule has 1 aliphatic rings. The Kier molecular flexibility index (Phi) is 16.2. The SMILES string of the molecule is CC[C@@H](O)[C@@H](O)[C@H](CO[C@H]1OC(CO)[C@H](O)[C@H](O)C1O)NC(=O)CCCCCCCCNC(=O)c1ccc(OC)cc1. The third kappa shape index (κ3) is 11.4. The van der Waals surface area contributed by atoms with Crippen LogP contribution in [-0.4, -0.2) is 118 Å². The summed E-state index contributed by atoms with van der Waals surface area (Å²) in [6.07, 6.45) is -4.39. The molecule has 8 atom stereocenters. The van der Waals surface area contributed by atoms with Crippen molar-refractivity contribution in [3.8, 4) is 5.75 Å². The van der Waals surface area contributed by atoms with Gasteiger partial charge in [0.15, 0.2) is 6.29 Å². The molecule has 8 N–H and O–H groups in total. The maximum absolute atomic E-state index is 12.6. The molecule has 13 nitrogen and oxygen atoms in total. The van der Waals surface area contributed by atoms with Crippen LogP contribution in [0.1, 0.15) is 68.6 Å². The van der Waals surface area contributed by atoms with Gasteiger partial charge in [-0.15, -0.1) is 0 Å². The predicted octanol–water partition coefficient (Wildman–Crippen LogP) is -0.411. The molecule has 0 saturated carbocycles. The van der Waals surface area contributed by atoms with Crippen LogP contribution in [-0.2, 0) is 14.3 Å². The quantitative estimate of drug-likeness (QED) is 0.0958. The maximum Gasteiger partial charge on any atom is 0.251 e. The molecule has 0 radical (unpaired) electrons. The monoisotopic (exact) mass is 600 g/mol. The minimum Gasteiger partial charge on any atom is -0.497 e. The van der Waals surface area contributed by atoms with E-state index in [9.17, 15) is 40.2 Å². The number of ether oxygens (including phenoxy) is 3. The van der Waals surface area contributed by atoms with Gasteiger partial charge < -0.3 is 55.5 Å². The van der Waals surface area contributed by atoms with E-state index >= 15 is 0 Å². The van der Waals surface area contributed by atoms with Crippen molar-refractivity contribution in [3.05, 3.63) is 29.8 Å². The first-order chi connectivity index (χ1) is 20.1. The highest BCUT2D eigenvalue weighted by molar-refractivity contribution is 5.94. The molecule has 2 unspecified atom stereocenters. The third-order valence-electron chi connectivity index (χ3n) is 7.33. The molecule has 240 valence electrons. The zero-order valence-electron chi connectivity index (χ0n) is 24.4. The summed E-state index contributed by atoms with van der Waals surface area (Å²) in [6.45, 7) is 1.26. The molecule has 1 fully saturated rings. The fourth-order valence-corrected chi connectivity index (χ4v) is 4.58. The lowest BCUT2D eigenvalue weighted by atomic mass is 9.99. The van der Waals surface area contributed by atoms with Crippen LogP contribution >= 0.6 is 0 Å². The molecule has 0 spiro atoms. The van der Waals surface area contributed by atoms with Crippen LogP contribution in [0.3, 0.4) is 0 Å². The fraction of sp³-hybridized carbons (Fsp3) is 0.724. The van der Waals surface area contributed by atoms with Gasteiger partial charge >= 0.3 is 0 Å². The van der Waals surface area contributed by atoms with Crippen molar-refractivity contribution in [1.29, 1.82) is 0 Å². The number of methoxy groups -OCH3 is 1. The number of hydrogen-bond donors (Lipinski definition) is 8. The largest absolute Gasteiger partial charge is 0.497 e. The zero-order valence-corrected chi connectivity index (χ0v) is 24.4. The summed E-state index contributed by atoms with van der Waals surface area (Å²) < 4.78 is 15.9. The van der Waals surface area contributed by atoms with E-state index in [1.807, 2.05) is 0 Å². The van der Waals surface area contributed by atoms with E-state index in [-0.39, 0.29) is 31.3 Å². The van der Waals surface area contributed by atoms with Crippen LogP contribution in [0, 0.1) is 0 Å². The Bertz CT molecular complexity index is 917. The maximum atomic E-state index is 12.6. The van der Waals surface area contributed by atoms with Crippen molar-refractivity contribution < 1.29 is 54.4 Å². The Morgan fingerprint density at radius 3 is 2.21 bits per heavy atom. The van der Waals surface area contributed by atoms with Crippen molar-refractivity contribution in [2.45, 2.75) is 107 Å². The van der Waals surface area contributed by atoms with Gasteiger partial charge in [0.2, 0.25) is 5.91 Å². The highest BCUT2D eigenvalue weighted by atomic mass is 16.7. The number of carbonyl (C=O) groups is 2. The molecule has 42 heavy (non-hydrogen) atoms. The van der Waals surface area contributed by atoms with Crippen LogP contribution in [0.15, 0.2) is 24.3 Å². The summed E-state index contributed by atoms with van der Waals surface area (Å²) in [5.41, 5.74) is 0.577. The number of aliphatic hydroxyl groups is 6. The lowest BCUT2D eigenvalue weighted by molar-refractivity contribution is -0.303. The third-order valence-corrected chi connectivity index (χ3v) is 7.33. The lowest BCUT2D eigenvalue weighted by Crippen LogP contribution is -2.60. The molecule has 1 aliphatic heterocycles. The van der Waals surface area contributed by atoms with Crippen molar-refractivity contribution in [3.63, 3.8) is 0 Å². The van der Waals surface area contributed by atoms with Crippen LogP contribution in [0.5, 0.6) is 5.75 Å². The second-order valence-electron chi connectivity index (χ2n) is 10.5. The number of rotatable bonds is 19. The lowest BCUT2D eigenvalue weighted by Gasteiger charge is -2.40. The molecular formula is C29H48N2O11. The van der Waals surface area contributed by atoms with E-state index in [1.165, 1.54) is 0 Å². The second-order valence-corrected chi connectivity index (χ2v) is 10.5. The van der Waals surface area contributed by atoms with E-state index < -0.39 is 55.6 Å². The summed E-state index contributed by atoms with van der Waals surface area (Å²) in [5, 5.41) is 65.6. The fourth-order valence-electron chi connectivity index (χ4n) is 4.58. The summed E-state index contributed by atoms with van der Waals surface area (Å²) >= 11 is 0. The summed E-state index contributed by atoms with van der Waals surface area (Å²) in [5.74, 6) is 0.218. The predicted molar refractivity (Wildman–Crippen MR) is 152 cm³/mol. The van der Waals surface area contributed by atoms with Gasteiger partial charge in [0.05, 0.1) is 32.5 Å². The Hall–Kier alpha value is -2.36. The van der Waals surface area contributed by atoms with E-state index in [0.29, 0.717) is 24.3 Å². The number of amides is 2.